The smallest absolute Gasteiger partial charge is 0.404 e. The van der Waals surface area contributed by atoms with Crippen molar-refractivity contribution in [2.45, 2.75) is 25.7 Å². The molecule has 14 heavy (non-hydrogen) atoms. The molecule has 0 aliphatic carbocycles. The van der Waals surface area contributed by atoms with Crippen LogP contribution in [0.3, 0.4) is 0 Å². The van der Waals surface area contributed by atoms with Crippen LogP contribution in [-0.4, -0.2) is 44.9 Å². The van der Waals surface area contributed by atoms with Crippen molar-refractivity contribution < 1.29 is 14.0 Å². The largest absolute Gasteiger partial charge is 0.450 e. The molecule has 0 aromatic rings. The van der Waals surface area contributed by atoms with Gasteiger partial charge in [-0.2, -0.15) is 0 Å². The number of nitrogens with two attached hydrogens (primary N) is 1. The van der Waals surface area contributed by atoms with Crippen LogP contribution in [0.25, 0.3) is 0 Å². The average Bonchev–Trinajstić information content (AvgIpc) is 2.00. The van der Waals surface area contributed by atoms with Crippen LogP contribution in [0.4, 0.5) is 4.79 Å². The van der Waals surface area contributed by atoms with Gasteiger partial charge >= 0.3 is 6.09 Å². The molecule has 0 rings (SSSR count). The van der Waals surface area contributed by atoms with Crippen LogP contribution in [-0.2, 0) is 4.74 Å². The highest BCUT2D eigenvalue weighted by atomic mass is 16.5. The van der Waals surface area contributed by atoms with Gasteiger partial charge in [0, 0.05) is 0 Å². The van der Waals surface area contributed by atoms with E-state index in [0.717, 1.165) is 17.3 Å². The van der Waals surface area contributed by atoms with Crippen LogP contribution < -0.4 is 5.73 Å². The number of amides is 1. The molecule has 0 spiro atoms. The van der Waals surface area contributed by atoms with E-state index in [-0.39, 0.29) is 0 Å². The Labute approximate surface area is 86.6 Å². The van der Waals surface area contributed by atoms with Gasteiger partial charge in [0.2, 0.25) is 0 Å². The van der Waals surface area contributed by atoms with Gasteiger partial charge in [-0.1, -0.05) is 0 Å². The van der Waals surface area contributed by atoms with Crippen molar-refractivity contribution >= 4 is 6.09 Å². The number of rotatable bonds is 7. The summed E-state index contributed by atoms with van der Waals surface area (Å²) in [5, 5.41) is 0. The minimum absolute atomic E-state index is 0.458. The molecule has 0 radical (unpaired) electrons. The number of ether oxygens (including phenoxy) is 1. The number of hydrogen-bond donors (Lipinski definition) is 1. The molecule has 4 heteroatoms. The summed E-state index contributed by atoms with van der Waals surface area (Å²) in [7, 11) is 6.57. The molecule has 0 aromatic heterocycles. The molecule has 84 valence electrons. The van der Waals surface area contributed by atoms with Gasteiger partial charge < -0.3 is 15.0 Å². The molecular weight excluding hydrogens is 180 g/mol. The zero-order valence-electron chi connectivity index (χ0n) is 9.58. The van der Waals surface area contributed by atoms with E-state index < -0.39 is 6.09 Å². The zero-order chi connectivity index (χ0) is 11.0. The topological polar surface area (TPSA) is 52.3 Å². The second-order valence-electron chi connectivity index (χ2n) is 4.60. The third-order valence-corrected chi connectivity index (χ3v) is 1.97. The van der Waals surface area contributed by atoms with E-state index in [9.17, 15) is 4.79 Å². The summed E-state index contributed by atoms with van der Waals surface area (Å²) in [4.78, 5) is 10.2. The van der Waals surface area contributed by atoms with Crippen molar-refractivity contribution in [1.29, 1.82) is 0 Å². The first-order valence-corrected chi connectivity index (χ1v) is 5.14. The van der Waals surface area contributed by atoms with E-state index in [1.54, 1.807) is 0 Å². The van der Waals surface area contributed by atoms with Crippen LogP contribution in [0.1, 0.15) is 25.7 Å². The fourth-order valence-corrected chi connectivity index (χ4v) is 1.21. The fourth-order valence-electron chi connectivity index (χ4n) is 1.21. The van der Waals surface area contributed by atoms with E-state index in [2.05, 4.69) is 25.9 Å². The number of primary amides is 1. The molecule has 1 amide bonds. The zero-order valence-corrected chi connectivity index (χ0v) is 9.58. The van der Waals surface area contributed by atoms with Crippen molar-refractivity contribution in [2.24, 2.45) is 5.73 Å². The molecule has 0 aliphatic rings. The normalized spacial score (nSPS) is 11.4. The lowest BCUT2D eigenvalue weighted by Crippen LogP contribution is -2.35. The van der Waals surface area contributed by atoms with Crippen LogP contribution in [0.5, 0.6) is 0 Å². The van der Waals surface area contributed by atoms with Crippen molar-refractivity contribution in [1.82, 2.24) is 0 Å². The summed E-state index contributed by atoms with van der Waals surface area (Å²) < 4.78 is 5.64. The van der Waals surface area contributed by atoms with Gasteiger partial charge in [0.15, 0.2) is 0 Å². The van der Waals surface area contributed by atoms with Gasteiger partial charge in [-0.25, -0.2) is 4.79 Å². The lowest BCUT2D eigenvalue weighted by Gasteiger charge is -2.23. The first kappa shape index (κ1) is 13.2. The molecule has 4 nitrogen and oxygen atoms in total. The van der Waals surface area contributed by atoms with E-state index in [1.807, 2.05) is 0 Å². The van der Waals surface area contributed by atoms with Gasteiger partial charge in [0.05, 0.1) is 34.3 Å². The molecular formula is C10H23N2O2+. The molecule has 0 bridgehead atoms. The number of carbonyl (C=O) groups excluding carboxylic acids is 1. The summed E-state index contributed by atoms with van der Waals surface area (Å²) in [5.74, 6) is 0. The number of carbonyl (C=O) groups is 1. The van der Waals surface area contributed by atoms with Crippen LogP contribution in [0.2, 0.25) is 0 Å². The molecule has 0 fully saturated rings. The summed E-state index contributed by atoms with van der Waals surface area (Å²) in [5.41, 5.74) is 4.83. The van der Waals surface area contributed by atoms with Crippen molar-refractivity contribution in [3.05, 3.63) is 0 Å². The molecule has 0 saturated heterocycles. The standard InChI is InChI=1S/C10H22N2O2/c1-12(2,3)8-6-4-5-7-9-14-10(11)13/h4-9H2,1-3H3,(H-,11,13)/p+1. The second kappa shape index (κ2) is 6.65. The Morgan fingerprint density at radius 2 is 1.71 bits per heavy atom. The summed E-state index contributed by atoms with van der Waals surface area (Å²) in [6.45, 7) is 1.65. The highest BCUT2D eigenvalue weighted by Crippen LogP contribution is 2.03. The quantitative estimate of drug-likeness (QED) is 0.501. The van der Waals surface area contributed by atoms with Gasteiger partial charge in [-0.3, -0.25) is 0 Å². The lowest BCUT2D eigenvalue weighted by atomic mass is 10.2. The number of unbranched alkanes of at least 4 members (excludes halogenated alkanes) is 3. The minimum Gasteiger partial charge on any atom is -0.450 e. The molecule has 0 atom stereocenters. The number of nitrogens with zero attached hydrogens (tertiary/aromatic N) is 1. The Hall–Kier alpha value is -0.770. The van der Waals surface area contributed by atoms with Crippen LogP contribution >= 0.6 is 0 Å². The van der Waals surface area contributed by atoms with E-state index in [4.69, 9.17) is 5.73 Å². The van der Waals surface area contributed by atoms with Crippen LogP contribution in [0.15, 0.2) is 0 Å². The van der Waals surface area contributed by atoms with Gasteiger partial charge in [-0.05, 0) is 25.7 Å². The Morgan fingerprint density at radius 3 is 2.21 bits per heavy atom. The summed E-state index contributed by atoms with van der Waals surface area (Å²) in [6, 6.07) is 0. The molecule has 0 heterocycles. The molecule has 2 N–H and O–H groups in total. The highest BCUT2D eigenvalue weighted by Gasteiger charge is 2.05. The average molecular weight is 203 g/mol. The second-order valence-corrected chi connectivity index (χ2v) is 4.60. The Bertz CT molecular complexity index is 164. The number of hydrogen-bond acceptors (Lipinski definition) is 2. The maximum Gasteiger partial charge on any atom is 0.404 e. The van der Waals surface area contributed by atoms with Crippen LogP contribution in [0, 0.1) is 0 Å². The SMILES string of the molecule is C[N+](C)(C)CCCCCCOC(N)=O. The lowest BCUT2D eigenvalue weighted by molar-refractivity contribution is -0.870. The van der Waals surface area contributed by atoms with E-state index >= 15 is 0 Å². The Morgan fingerprint density at radius 1 is 1.14 bits per heavy atom. The maximum atomic E-state index is 10.2. The minimum atomic E-state index is -0.670. The first-order valence-electron chi connectivity index (χ1n) is 5.14. The molecule has 0 saturated carbocycles. The third kappa shape index (κ3) is 11.2. The molecule has 0 aromatic carbocycles. The molecule has 0 unspecified atom stereocenters. The fraction of sp³-hybridized carbons (Fsp3) is 0.900. The first-order chi connectivity index (χ1) is 6.42. The van der Waals surface area contributed by atoms with Gasteiger partial charge in [-0.15, -0.1) is 0 Å². The maximum absolute atomic E-state index is 10.2. The third-order valence-electron chi connectivity index (χ3n) is 1.97. The predicted octanol–water partition coefficient (Wildman–Crippen LogP) is 1.35. The Balaban J connectivity index is 3.11. The van der Waals surface area contributed by atoms with Crippen molar-refractivity contribution in [2.75, 3.05) is 34.3 Å². The van der Waals surface area contributed by atoms with Crippen molar-refractivity contribution in [3.8, 4) is 0 Å². The predicted molar refractivity (Wildman–Crippen MR) is 56.9 cm³/mol. The Kier molecular flexibility index (Phi) is 6.28. The van der Waals surface area contributed by atoms with E-state index in [1.165, 1.54) is 19.4 Å². The monoisotopic (exact) mass is 203 g/mol. The summed E-state index contributed by atoms with van der Waals surface area (Å²) >= 11 is 0. The van der Waals surface area contributed by atoms with Gasteiger partial charge in [0.1, 0.15) is 0 Å². The summed E-state index contributed by atoms with van der Waals surface area (Å²) in [6.07, 6.45) is 3.77. The van der Waals surface area contributed by atoms with Gasteiger partial charge in [0.25, 0.3) is 0 Å². The van der Waals surface area contributed by atoms with E-state index in [0.29, 0.717) is 6.61 Å². The highest BCUT2D eigenvalue weighted by molar-refractivity contribution is 5.64. The van der Waals surface area contributed by atoms with Crippen molar-refractivity contribution in [3.63, 3.8) is 0 Å². The molecule has 0 aliphatic heterocycles. The number of quaternary nitrogens is 1.